The van der Waals surface area contributed by atoms with Crippen molar-refractivity contribution in [1.29, 1.82) is 0 Å². The van der Waals surface area contributed by atoms with Gasteiger partial charge in [-0.2, -0.15) is 0 Å². The highest BCUT2D eigenvalue weighted by molar-refractivity contribution is 6.06. The number of amides is 1. The summed E-state index contributed by atoms with van der Waals surface area (Å²) in [5, 5.41) is 6.32. The first kappa shape index (κ1) is 17.1. The Morgan fingerprint density at radius 2 is 1.82 bits per heavy atom. The largest absolute Gasteiger partial charge is 0.399 e. The molecule has 4 N–H and O–H groups in total. The van der Waals surface area contributed by atoms with Gasteiger partial charge in [0, 0.05) is 33.1 Å². The van der Waals surface area contributed by atoms with Crippen molar-refractivity contribution in [2.75, 3.05) is 11.1 Å². The van der Waals surface area contributed by atoms with Gasteiger partial charge in [0.05, 0.1) is 11.0 Å². The lowest BCUT2D eigenvalue weighted by Gasteiger charge is -2.05. The van der Waals surface area contributed by atoms with E-state index in [9.17, 15) is 4.79 Å². The number of aromatic amines is 1. The van der Waals surface area contributed by atoms with E-state index in [1.54, 1.807) is 42.5 Å². The van der Waals surface area contributed by atoms with Crippen LogP contribution < -0.4 is 11.1 Å². The SMILES string of the molecule is [N-]=[N+]=Nc1ccc(NC(=O)c2ccc3nc(-c4ccc(N)cc4)[nH]c3c2)cc1. The molecular formula is C20H15N7O. The smallest absolute Gasteiger partial charge is 0.255 e. The number of hydrogen-bond acceptors (Lipinski definition) is 4. The van der Waals surface area contributed by atoms with Crippen molar-refractivity contribution in [3.8, 4) is 11.4 Å². The maximum Gasteiger partial charge on any atom is 0.255 e. The number of hydrogen-bond donors (Lipinski definition) is 3. The number of benzene rings is 3. The molecule has 0 aliphatic carbocycles. The number of nitrogens with two attached hydrogens (primary N) is 1. The van der Waals surface area contributed by atoms with E-state index in [2.05, 4.69) is 25.3 Å². The summed E-state index contributed by atoms with van der Waals surface area (Å²) in [4.78, 5) is 23.1. The summed E-state index contributed by atoms with van der Waals surface area (Å²) in [6, 6.07) is 19.3. The van der Waals surface area contributed by atoms with Gasteiger partial charge in [-0.25, -0.2) is 4.98 Å². The fraction of sp³-hybridized carbons (Fsp3) is 0. The number of anilines is 2. The zero-order chi connectivity index (χ0) is 19.5. The average Bonchev–Trinajstić information content (AvgIpc) is 3.13. The van der Waals surface area contributed by atoms with Crippen LogP contribution in [0, 0.1) is 0 Å². The summed E-state index contributed by atoms with van der Waals surface area (Å²) in [5.41, 5.74) is 18.9. The maximum absolute atomic E-state index is 12.5. The average molecular weight is 369 g/mol. The van der Waals surface area contributed by atoms with Crippen LogP contribution in [-0.2, 0) is 0 Å². The van der Waals surface area contributed by atoms with Crippen LogP contribution in [0.25, 0.3) is 32.9 Å². The van der Waals surface area contributed by atoms with E-state index in [1.165, 1.54) is 0 Å². The van der Waals surface area contributed by atoms with E-state index in [1.807, 2.05) is 24.3 Å². The Labute approximate surface area is 159 Å². The van der Waals surface area contributed by atoms with Gasteiger partial charge in [-0.05, 0) is 60.1 Å². The summed E-state index contributed by atoms with van der Waals surface area (Å²) in [6.45, 7) is 0. The van der Waals surface area contributed by atoms with E-state index >= 15 is 0 Å². The van der Waals surface area contributed by atoms with E-state index in [4.69, 9.17) is 11.3 Å². The molecule has 28 heavy (non-hydrogen) atoms. The second kappa shape index (κ2) is 7.14. The Bertz CT molecular complexity index is 1200. The van der Waals surface area contributed by atoms with Gasteiger partial charge in [0.15, 0.2) is 0 Å². The number of nitrogens with zero attached hydrogens (tertiary/aromatic N) is 4. The van der Waals surface area contributed by atoms with Crippen LogP contribution in [0.3, 0.4) is 0 Å². The third-order valence-corrected chi connectivity index (χ3v) is 4.21. The van der Waals surface area contributed by atoms with E-state index < -0.39 is 0 Å². The topological polar surface area (TPSA) is 133 Å². The number of carbonyl (C=O) groups excluding carboxylic acids is 1. The van der Waals surface area contributed by atoms with Gasteiger partial charge in [-0.3, -0.25) is 4.79 Å². The van der Waals surface area contributed by atoms with E-state index in [-0.39, 0.29) is 5.91 Å². The lowest BCUT2D eigenvalue weighted by molar-refractivity contribution is 0.102. The number of rotatable bonds is 4. The van der Waals surface area contributed by atoms with Crippen LogP contribution in [-0.4, -0.2) is 15.9 Å². The summed E-state index contributed by atoms with van der Waals surface area (Å²) in [6.07, 6.45) is 0. The Balaban J connectivity index is 1.57. The highest BCUT2D eigenvalue weighted by Gasteiger charge is 2.10. The molecule has 1 aromatic heterocycles. The minimum absolute atomic E-state index is 0.248. The summed E-state index contributed by atoms with van der Waals surface area (Å²) in [5.74, 6) is 0.461. The standard InChI is InChI=1S/C20H15N7O/c21-14-4-1-12(2-5-14)19-24-17-10-3-13(11-18(17)25-19)20(28)23-15-6-8-16(9-7-15)26-27-22/h1-11H,21H2,(H,23,28)(H,24,25). The number of fused-ring (bicyclic) bond motifs is 1. The van der Waals surface area contributed by atoms with Crippen molar-refractivity contribution < 1.29 is 4.79 Å². The molecule has 0 atom stereocenters. The molecule has 0 spiro atoms. The predicted molar refractivity (Wildman–Crippen MR) is 109 cm³/mol. The van der Waals surface area contributed by atoms with Crippen LogP contribution in [0.15, 0.2) is 71.8 Å². The summed E-state index contributed by atoms with van der Waals surface area (Å²) < 4.78 is 0. The molecule has 0 saturated heterocycles. The molecule has 0 bridgehead atoms. The summed E-state index contributed by atoms with van der Waals surface area (Å²) >= 11 is 0. The van der Waals surface area contributed by atoms with Gasteiger partial charge in [0.2, 0.25) is 0 Å². The van der Waals surface area contributed by atoms with Gasteiger partial charge in [-0.15, -0.1) is 0 Å². The van der Waals surface area contributed by atoms with Gasteiger partial charge < -0.3 is 16.0 Å². The minimum atomic E-state index is -0.248. The van der Waals surface area contributed by atoms with Crippen molar-refractivity contribution in [1.82, 2.24) is 9.97 Å². The number of nitrogens with one attached hydrogen (secondary N) is 2. The third kappa shape index (κ3) is 3.48. The van der Waals surface area contributed by atoms with Crippen molar-refractivity contribution in [2.24, 2.45) is 5.11 Å². The van der Waals surface area contributed by atoms with Crippen molar-refractivity contribution in [2.45, 2.75) is 0 Å². The molecule has 0 fully saturated rings. The van der Waals surface area contributed by atoms with Crippen molar-refractivity contribution in [3.05, 3.63) is 82.7 Å². The third-order valence-electron chi connectivity index (χ3n) is 4.21. The number of H-pyrrole nitrogens is 1. The number of carbonyl (C=O) groups is 1. The van der Waals surface area contributed by atoms with Gasteiger partial charge in [0.1, 0.15) is 5.82 Å². The monoisotopic (exact) mass is 369 g/mol. The Morgan fingerprint density at radius 1 is 1.07 bits per heavy atom. The first-order valence-electron chi connectivity index (χ1n) is 8.44. The van der Waals surface area contributed by atoms with E-state index in [0.717, 1.165) is 16.6 Å². The Morgan fingerprint density at radius 3 is 2.54 bits per heavy atom. The number of imidazole rings is 1. The first-order valence-corrected chi connectivity index (χ1v) is 8.44. The van der Waals surface area contributed by atoms with Crippen LogP contribution in [0.2, 0.25) is 0 Å². The highest BCUT2D eigenvalue weighted by Crippen LogP contribution is 2.23. The molecule has 0 saturated carbocycles. The van der Waals surface area contributed by atoms with Crippen molar-refractivity contribution >= 4 is 34.0 Å². The van der Waals surface area contributed by atoms with Crippen molar-refractivity contribution in [3.63, 3.8) is 0 Å². The second-order valence-corrected chi connectivity index (χ2v) is 6.13. The molecule has 1 heterocycles. The fourth-order valence-corrected chi connectivity index (χ4v) is 2.79. The number of azide groups is 1. The normalized spacial score (nSPS) is 10.4. The molecule has 0 unspecified atom stereocenters. The molecule has 3 aromatic carbocycles. The second-order valence-electron chi connectivity index (χ2n) is 6.13. The Kier molecular flexibility index (Phi) is 4.37. The van der Waals surface area contributed by atoms with Gasteiger partial charge in [-0.1, -0.05) is 17.2 Å². The molecule has 0 aliphatic heterocycles. The van der Waals surface area contributed by atoms with Crippen LogP contribution in [0.4, 0.5) is 17.1 Å². The van der Waals surface area contributed by atoms with Crippen LogP contribution in [0.1, 0.15) is 10.4 Å². The highest BCUT2D eigenvalue weighted by atomic mass is 16.1. The number of nitrogen functional groups attached to an aromatic ring is 1. The van der Waals surface area contributed by atoms with Crippen LogP contribution >= 0.6 is 0 Å². The number of aromatic nitrogens is 2. The molecular weight excluding hydrogens is 354 g/mol. The zero-order valence-electron chi connectivity index (χ0n) is 14.6. The minimum Gasteiger partial charge on any atom is -0.399 e. The molecule has 1 amide bonds. The maximum atomic E-state index is 12.5. The van der Waals surface area contributed by atoms with Crippen LogP contribution in [0.5, 0.6) is 0 Å². The quantitative estimate of drug-likeness (QED) is 0.202. The van der Waals surface area contributed by atoms with Gasteiger partial charge in [0.25, 0.3) is 5.91 Å². The molecule has 4 rings (SSSR count). The predicted octanol–water partition coefficient (Wildman–Crippen LogP) is 5.01. The molecule has 4 aromatic rings. The summed E-state index contributed by atoms with van der Waals surface area (Å²) in [7, 11) is 0. The Hall–Kier alpha value is -4.29. The lowest BCUT2D eigenvalue weighted by atomic mass is 10.2. The van der Waals surface area contributed by atoms with Gasteiger partial charge >= 0.3 is 0 Å². The van der Waals surface area contributed by atoms with E-state index in [0.29, 0.717) is 28.5 Å². The molecule has 8 nitrogen and oxygen atoms in total. The molecule has 0 radical (unpaired) electrons. The lowest BCUT2D eigenvalue weighted by Crippen LogP contribution is -2.11. The molecule has 0 aliphatic rings. The molecule has 136 valence electrons. The molecule has 8 heteroatoms. The fourth-order valence-electron chi connectivity index (χ4n) is 2.79. The first-order chi connectivity index (χ1) is 13.6. The zero-order valence-corrected chi connectivity index (χ0v) is 14.6.